The molecule has 37 heavy (non-hydrogen) atoms. The van der Waals surface area contributed by atoms with E-state index in [1.807, 2.05) is 19.1 Å². The first-order chi connectivity index (χ1) is 17.8. The first-order valence-corrected chi connectivity index (χ1v) is 12.1. The van der Waals surface area contributed by atoms with Gasteiger partial charge in [-0.1, -0.05) is 53.3 Å². The van der Waals surface area contributed by atoms with Gasteiger partial charge >= 0.3 is 11.9 Å². The first-order valence-electron chi connectivity index (χ1n) is 11.3. The van der Waals surface area contributed by atoms with Gasteiger partial charge in [0.05, 0.1) is 41.6 Å². The van der Waals surface area contributed by atoms with Crippen LogP contribution in [0.3, 0.4) is 0 Å². The monoisotopic (exact) mass is 514 g/mol. The van der Waals surface area contributed by atoms with Crippen LogP contribution in [-0.4, -0.2) is 42.0 Å². The number of methoxy groups -OCH3 is 2. The number of Topliss-reactive ketones (excluding diaryl/α,β-unsaturated/α-hetero) is 1. The van der Waals surface area contributed by atoms with E-state index >= 15 is 0 Å². The van der Waals surface area contributed by atoms with E-state index in [0.717, 1.165) is 10.3 Å². The molecule has 1 unspecified atom stereocenters. The molecule has 1 saturated heterocycles. The molecule has 0 spiro atoms. The Bertz CT molecular complexity index is 1570. The molecule has 186 valence electrons. The van der Waals surface area contributed by atoms with Gasteiger partial charge in [0.15, 0.2) is 5.13 Å². The quantitative estimate of drug-likeness (QED) is 0.172. The second-order valence-corrected chi connectivity index (χ2v) is 9.49. The van der Waals surface area contributed by atoms with Crippen molar-refractivity contribution in [1.82, 2.24) is 4.98 Å². The normalized spacial score (nSPS) is 16.8. The number of aliphatic hydroxyl groups is 1. The van der Waals surface area contributed by atoms with Gasteiger partial charge in [0.2, 0.25) is 0 Å². The van der Waals surface area contributed by atoms with Crippen molar-refractivity contribution in [2.75, 3.05) is 19.1 Å². The highest BCUT2D eigenvalue weighted by atomic mass is 32.1. The number of anilines is 1. The lowest BCUT2D eigenvalue weighted by Gasteiger charge is -2.23. The fourth-order valence-corrected chi connectivity index (χ4v) is 5.27. The summed E-state index contributed by atoms with van der Waals surface area (Å²) in [7, 11) is 2.85. The number of aromatic nitrogens is 1. The van der Waals surface area contributed by atoms with Gasteiger partial charge in [0.25, 0.3) is 5.78 Å². The van der Waals surface area contributed by atoms with Crippen LogP contribution in [0.25, 0.3) is 16.0 Å². The Morgan fingerprint density at radius 1 is 0.973 bits per heavy atom. The van der Waals surface area contributed by atoms with Crippen LogP contribution in [-0.2, 0) is 14.3 Å². The number of nitrogens with zero attached hydrogens (tertiary/aromatic N) is 2. The molecule has 4 aromatic rings. The number of ether oxygens (including phenoxy) is 2. The minimum absolute atomic E-state index is 0.0588. The zero-order chi connectivity index (χ0) is 26.3. The van der Waals surface area contributed by atoms with Gasteiger partial charge in [0, 0.05) is 5.56 Å². The van der Waals surface area contributed by atoms with Gasteiger partial charge in [-0.05, 0) is 42.8 Å². The summed E-state index contributed by atoms with van der Waals surface area (Å²) in [6.07, 6.45) is 0. The number of benzene rings is 3. The summed E-state index contributed by atoms with van der Waals surface area (Å²) in [5.74, 6) is -1.79. The van der Waals surface area contributed by atoms with E-state index in [2.05, 4.69) is 4.98 Å². The first kappa shape index (κ1) is 24.2. The SMILES string of the molecule is COC(=O)c1ccc(C2/C(=C(\O)c3ccc(C)cc3)C(=O)C(=O)N2c2nc3ccc(OC)cc3s2)cc1. The van der Waals surface area contributed by atoms with Crippen LogP contribution in [0.1, 0.15) is 33.1 Å². The van der Waals surface area contributed by atoms with E-state index < -0.39 is 23.7 Å². The molecular formula is C28H22N2O6S. The highest BCUT2D eigenvalue weighted by Gasteiger charge is 2.48. The van der Waals surface area contributed by atoms with Crippen molar-refractivity contribution >= 4 is 50.1 Å². The van der Waals surface area contributed by atoms with Gasteiger partial charge < -0.3 is 14.6 Å². The smallest absolute Gasteiger partial charge is 0.337 e. The summed E-state index contributed by atoms with van der Waals surface area (Å²) in [5, 5.41) is 11.6. The Morgan fingerprint density at radius 3 is 2.30 bits per heavy atom. The number of amides is 1. The predicted octanol–water partition coefficient (Wildman–Crippen LogP) is 5.03. The van der Waals surface area contributed by atoms with Crippen molar-refractivity contribution in [3.05, 3.63) is 94.6 Å². The predicted molar refractivity (Wildman–Crippen MR) is 140 cm³/mol. The Morgan fingerprint density at radius 2 is 1.65 bits per heavy atom. The molecule has 0 radical (unpaired) electrons. The van der Waals surface area contributed by atoms with Crippen LogP contribution in [0.15, 0.2) is 72.3 Å². The van der Waals surface area contributed by atoms with E-state index in [0.29, 0.717) is 33.1 Å². The lowest BCUT2D eigenvalue weighted by molar-refractivity contribution is -0.132. The third-order valence-corrected chi connectivity index (χ3v) is 7.22. The molecule has 0 saturated carbocycles. The van der Waals surface area contributed by atoms with Crippen LogP contribution in [0.4, 0.5) is 5.13 Å². The summed E-state index contributed by atoms with van der Waals surface area (Å²) in [4.78, 5) is 44.6. The van der Waals surface area contributed by atoms with Crippen LogP contribution in [0.5, 0.6) is 5.75 Å². The van der Waals surface area contributed by atoms with E-state index in [9.17, 15) is 19.5 Å². The lowest BCUT2D eigenvalue weighted by atomic mass is 9.94. The van der Waals surface area contributed by atoms with E-state index in [-0.39, 0.29) is 11.3 Å². The average Bonchev–Trinajstić information content (AvgIpc) is 3.45. The largest absolute Gasteiger partial charge is 0.507 e. The number of esters is 1. The molecule has 1 fully saturated rings. The molecule has 1 amide bonds. The summed E-state index contributed by atoms with van der Waals surface area (Å²) in [6.45, 7) is 1.91. The fraction of sp³-hybridized carbons (Fsp3) is 0.143. The number of aliphatic hydroxyl groups excluding tert-OH is 1. The number of carbonyl (C=O) groups is 3. The van der Waals surface area contributed by atoms with Crippen LogP contribution < -0.4 is 9.64 Å². The minimum Gasteiger partial charge on any atom is -0.507 e. The second-order valence-electron chi connectivity index (χ2n) is 8.48. The number of hydrogen-bond donors (Lipinski definition) is 1. The summed E-state index contributed by atoms with van der Waals surface area (Å²) < 4.78 is 10.9. The third-order valence-electron chi connectivity index (χ3n) is 6.21. The molecule has 1 atom stereocenters. The Kier molecular flexibility index (Phi) is 6.22. The Hall–Kier alpha value is -4.50. The molecule has 1 aliphatic rings. The zero-order valence-electron chi connectivity index (χ0n) is 20.2. The van der Waals surface area contributed by atoms with Gasteiger partial charge in [-0.15, -0.1) is 0 Å². The van der Waals surface area contributed by atoms with Crippen LogP contribution in [0, 0.1) is 6.92 Å². The minimum atomic E-state index is -0.963. The van der Waals surface area contributed by atoms with Crippen molar-refractivity contribution in [3.63, 3.8) is 0 Å². The number of thiazole rings is 1. The molecule has 1 aromatic heterocycles. The Labute approximate surface area is 216 Å². The number of aryl methyl sites for hydroxylation is 1. The van der Waals surface area contributed by atoms with Gasteiger partial charge in [-0.2, -0.15) is 0 Å². The molecule has 5 rings (SSSR count). The lowest BCUT2D eigenvalue weighted by Crippen LogP contribution is -2.29. The van der Waals surface area contributed by atoms with E-state index in [1.54, 1.807) is 61.7 Å². The van der Waals surface area contributed by atoms with Gasteiger partial charge in [-0.3, -0.25) is 14.5 Å². The summed E-state index contributed by atoms with van der Waals surface area (Å²) in [6, 6.07) is 17.8. The van der Waals surface area contributed by atoms with Crippen molar-refractivity contribution in [3.8, 4) is 5.75 Å². The maximum Gasteiger partial charge on any atom is 0.337 e. The third kappa shape index (κ3) is 4.23. The second kappa shape index (κ2) is 9.51. The molecular weight excluding hydrogens is 492 g/mol. The molecule has 0 bridgehead atoms. The molecule has 1 aliphatic heterocycles. The van der Waals surface area contributed by atoms with Crippen molar-refractivity contribution in [2.45, 2.75) is 13.0 Å². The number of ketones is 1. The van der Waals surface area contributed by atoms with Crippen molar-refractivity contribution in [2.24, 2.45) is 0 Å². The highest BCUT2D eigenvalue weighted by Crippen LogP contribution is 2.44. The molecule has 3 aromatic carbocycles. The topological polar surface area (TPSA) is 106 Å². The standard InChI is InChI=1S/C28H22N2O6S/c1-15-4-6-17(7-5-15)24(31)22-23(16-8-10-18(11-9-16)27(34)36-3)30(26(33)25(22)32)28-29-20-13-12-19(35-2)14-21(20)37-28/h4-14,23,31H,1-3H3/b24-22+. The van der Waals surface area contributed by atoms with E-state index in [1.165, 1.54) is 23.3 Å². The molecule has 0 aliphatic carbocycles. The molecule has 2 heterocycles. The summed E-state index contributed by atoms with van der Waals surface area (Å²) in [5.41, 5.74) is 2.81. The van der Waals surface area contributed by atoms with Gasteiger partial charge in [0.1, 0.15) is 11.5 Å². The Balaban J connectivity index is 1.70. The maximum absolute atomic E-state index is 13.4. The van der Waals surface area contributed by atoms with Crippen LogP contribution >= 0.6 is 11.3 Å². The fourth-order valence-electron chi connectivity index (χ4n) is 4.25. The number of rotatable bonds is 5. The average molecular weight is 515 g/mol. The van der Waals surface area contributed by atoms with Crippen LogP contribution in [0.2, 0.25) is 0 Å². The maximum atomic E-state index is 13.4. The number of hydrogen-bond acceptors (Lipinski definition) is 8. The summed E-state index contributed by atoms with van der Waals surface area (Å²) >= 11 is 1.23. The highest BCUT2D eigenvalue weighted by molar-refractivity contribution is 7.22. The number of fused-ring (bicyclic) bond motifs is 1. The molecule has 8 nitrogen and oxygen atoms in total. The van der Waals surface area contributed by atoms with Crippen molar-refractivity contribution < 1.29 is 29.0 Å². The molecule has 9 heteroatoms. The molecule has 1 N–H and O–H groups in total. The number of carbonyl (C=O) groups excluding carboxylic acids is 3. The van der Waals surface area contributed by atoms with Gasteiger partial charge in [-0.25, -0.2) is 9.78 Å². The zero-order valence-corrected chi connectivity index (χ0v) is 21.0. The van der Waals surface area contributed by atoms with Crippen molar-refractivity contribution in [1.29, 1.82) is 0 Å². The van der Waals surface area contributed by atoms with E-state index in [4.69, 9.17) is 9.47 Å².